The fraction of sp³-hybridized carbons (Fsp3) is 0.583. The van der Waals surface area contributed by atoms with E-state index in [1.54, 1.807) is 6.20 Å². The molecule has 18 heavy (non-hydrogen) atoms. The Morgan fingerprint density at radius 1 is 1.39 bits per heavy atom. The number of H-pyrrole nitrogens is 1. The number of hydrogen-bond donors (Lipinski definition) is 2. The summed E-state index contributed by atoms with van der Waals surface area (Å²) in [5.74, 6) is 2.72. The molecule has 0 radical (unpaired) electrons. The molecule has 2 aliphatic carbocycles. The Hall–Kier alpha value is -1.69. The van der Waals surface area contributed by atoms with Gasteiger partial charge in [-0.3, -0.25) is 0 Å². The van der Waals surface area contributed by atoms with Crippen LogP contribution in [0.15, 0.2) is 10.7 Å². The zero-order chi connectivity index (χ0) is 12.2. The molecular formula is C12H15N5O. The summed E-state index contributed by atoms with van der Waals surface area (Å²) in [6.45, 7) is 0. The predicted octanol–water partition coefficient (Wildman–Crippen LogP) is 1.68. The normalized spacial score (nSPS) is 21.8. The van der Waals surface area contributed by atoms with Crippen LogP contribution in [0.5, 0.6) is 0 Å². The first kappa shape index (κ1) is 10.3. The number of nitrogens with one attached hydrogen (secondary N) is 1. The van der Waals surface area contributed by atoms with Crippen molar-refractivity contribution in [2.75, 3.05) is 0 Å². The van der Waals surface area contributed by atoms with Crippen molar-refractivity contribution < 1.29 is 4.52 Å². The second-order valence-electron chi connectivity index (χ2n) is 5.39. The van der Waals surface area contributed by atoms with Crippen molar-refractivity contribution in [3.63, 3.8) is 0 Å². The summed E-state index contributed by atoms with van der Waals surface area (Å²) in [5.41, 5.74) is 6.58. The first-order valence-electron chi connectivity index (χ1n) is 6.43. The zero-order valence-corrected chi connectivity index (χ0v) is 10.0. The van der Waals surface area contributed by atoms with Gasteiger partial charge in [0.15, 0.2) is 5.82 Å². The number of aromatic nitrogens is 4. The van der Waals surface area contributed by atoms with Crippen LogP contribution in [0.3, 0.4) is 0 Å². The summed E-state index contributed by atoms with van der Waals surface area (Å²) in [6.07, 6.45) is 7.19. The van der Waals surface area contributed by atoms with Crippen LogP contribution >= 0.6 is 0 Å². The van der Waals surface area contributed by atoms with Crippen LogP contribution in [0.2, 0.25) is 0 Å². The maximum Gasteiger partial charge on any atom is 0.276 e. The van der Waals surface area contributed by atoms with E-state index in [2.05, 4.69) is 20.1 Å². The standard InChI is InChI=1S/C12H15N5O/c13-12(4-1-5-12)11-16-10(18-17-11)8-6-14-9(15-8)7-2-3-7/h6-7H,1-5,13H2,(H,14,15). The molecule has 0 aliphatic heterocycles. The summed E-state index contributed by atoms with van der Waals surface area (Å²) in [4.78, 5) is 12.0. The van der Waals surface area contributed by atoms with Gasteiger partial charge < -0.3 is 15.2 Å². The molecule has 0 spiro atoms. The minimum atomic E-state index is -0.374. The van der Waals surface area contributed by atoms with Gasteiger partial charge in [-0.05, 0) is 32.1 Å². The number of rotatable bonds is 3. The molecule has 0 saturated heterocycles. The van der Waals surface area contributed by atoms with E-state index in [0.29, 0.717) is 17.6 Å². The van der Waals surface area contributed by atoms with Crippen LogP contribution < -0.4 is 5.73 Å². The average Bonchev–Trinajstić information content (AvgIpc) is 2.90. The average molecular weight is 245 g/mol. The number of nitrogens with two attached hydrogens (primary N) is 1. The Morgan fingerprint density at radius 2 is 2.22 bits per heavy atom. The maximum atomic E-state index is 6.17. The van der Waals surface area contributed by atoms with Crippen LogP contribution in [-0.2, 0) is 5.54 Å². The molecular weight excluding hydrogens is 230 g/mol. The fourth-order valence-corrected chi connectivity index (χ4v) is 2.33. The van der Waals surface area contributed by atoms with Gasteiger partial charge in [0.05, 0.1) is 11.7 Å². The summed E-state index contributed by atoms with van der Waals surface area (Å²) in [7, 11) is 0. The highest BCUT2D eigenvalue weighted by Crippen LogP contribution is 2.39. The second kappa shape index (κ2) is 3.41. The highest BCUT2D eigenvalue weighted by Gasteiger charge is 2.39. The van der Waals surface area contributed by atoms with Crippen molar-refractivity contribution in [2.45, 2.75) is 43.6 Å². The summed E-state index contributed by atoms with van der Waals surface area (Å²) in [6, 6.07) is 0. The molecule has 0 unspecified atom stereocenters. The maximum absolute atomic E-state index is 6.17. The minimum Gasteiger partial charge on any atom is -0.338 e. The summed E-state index contributed by atoms with van der Waals surface area (Å²) in [5, 5.41) is 4.00. The summed E-state index contributed by atoms with van der Waals surface area (Å²) < 4.78 is 5.27. The zero-order valence-electron chi connectivity index (χ0n) is 10.0. The molecule has 2 aromatic rings. The van der Waals surface area contributed by atoms with E-state index in [9.17, 15) is 0 Å². The van der Waals surface area contributed by atoms with Gasteiger partial charge in [0.1, 0.15) is 11.5 Å². The molecule has 94 valence electrons. The van der Waals surface area contributed by atoms with Crippen LogP contribution in [0.1, 0.15) is 49.7 Å². The van der Waals surface area contributed by atoms with Gasteiger partial charge in [0, 0.05) is 5.92 Å². The Balaban J connectivity index is 1.63. The third-order valence-corrected chi connectivity index (χ3v) is 3.91. The first-order chi connectivity index (χ1) is 8.74. The molecule has 0 amide bonds. The molecule has 0 bridgehead atoms. The second-order valence-corrected chi connectivity index (χ2v) is 5.39. The van der Waals surface area contributed by atoms with Crippen molar-refractivity contribution in [1.82, 2.24) is 20.1 Å². The third kappa shape index (κ3) is 1.49. The molecule has 0 atom stereocenters. The van der Waals surface area contributed by atoms with Crippen LogP contribution in [-0.4, -0.2) is 20.1 Å². The molecule has 6 nitrogen and oxygen atoms in total. The smallest absolute Gasteiger partial charge is 0.276 e. The van der Waals surface area contributed by atoms with Gasteiger partial charge in [-0.25, -0.2) is 4.98 Å². The highest BCUT2D eigenvalue weighted by molar-refractivity contribution is 5.45. The van der Waals surface area contributed by atoms with Crippen LogP contribution in [0.25, 0.3) is 11.6 Å². The third-order valence-electron chi connectivity index (χ3n) is 3.91. The lowest BCUT2D eigenvalue weighted by Crippen LogP contribution is -2.44. The number of imidazole rings is 1. The van der Waals surface area contributed by atoms with Crippen molar-refractivity contribution in [1.29, 1.82) is 0 Å². The van der Waals surface area contributed by atoms with Gasteiger partial charge in [-0.1, -0.05) is 5.16 Å². The topological polar surface area (TPSA) is 93.6 Å². The van der Waals surface area contributed by atoms with Crippen molar-refractivity contribution in [3.05, 3.63) is 17.8 Å². The van der Waals surface area contributed by atoms with E-state index >= 15 is 0 Å². The molecule has 4 rings (SSSR count). The fourth-order valence-electron chi connectivity index (χ4n) is 2.33. The van der Waals surface area contributed by atoms with Gasteiger partial charge in [0.2, 0.25) is 0 Å². The van der Waals surface area contributed by atoms with Crippen LogP contribution in [0, 0.1) is 0 Å². The Labute approximate surface area is 104 Å². The molecule has 2 aromatic heterocycles. The molecule has 3 N–H and O–H groups in total. The van der Waals surface area contributed by atoms with E-state index in [1.807, 2.05) is 0 Å². The van der Waals surface area contributed by atoms with Crippen molar-refractivity contribution in [3.8, 4) is 11.6 Å². The van der Waals surface area contributed by atoms with Gasteiger partial charge in [-0.15, -0.1) is 0 Å². The van der Waals surface area contributed by atoms with Crippen LogP contribution in [0.4, 0.5) is 0 Å². The summed E-state index contributed by atoms with van der Waals surface area (Å²) >= 11 is 0. The lowest BCUT2D eigenvalue weighted by atomic mass is 9.77. The van der Waals surface area contributed by atoms with Gasteiger partial charge in [-0.2, -0.15) is 4.98 Å². The number of aromatic amines is 1. The lowest BCUT2D eigenvalue weighted by molar-refractivity contribution is 0.229. The molecule has 6 heteroatoms. The van der Waals surface area contributed by atoms with E-state index in [1.165, 1.54) is 12.8 Å². The van der Waals surface area contributed by atoms with E-state index < -0.39 is 0 Å². The first-order valence-corrected chi connectivity index (χ1v) is 6.43. The highest BCUT2D eigenvalue weighted by atomic mass is 16.5. The minimum absolute atomic E-state index is 0.374. The van der Waals surface area contributed by atoms with Crippen molar-refractivity contribution >= 4 is 0 Å². The predicted molar refractivity (Wildman–Crippen MR) is 63.6 cm³/mol. The van der Waals surface area contributed by atoms with Gasteiger partial charge in [0.25, 0.3) is 5.89 Å². The van der Waals surface area contributed by atoms with E-state index in [-0.39, 0.29) is 5.54 Å². The molecule has 2 aliphatic rings. The SMILES string of the molecule is NC1(c2noc(-c3cnc(C4CC4)[nH]3)n2)CCC1. The molecule has 2 saturated carbocycles. The molecule has 2 heterocycles. The van der Waals surface area contributed by atoms with E-state index in [0.717, 1.165) is 30.8 Å². The Bertz CT molecular complexity index is 579. The quantitative estimate of drug-likeness (QED) is 0.857. The molecule has 0 aromatic carbocycles. The largest absolute Gasteiger partial charge is 0.338 e. The number of nitrogens with zero attached hydrogens (tertiary/aromatic N) is 3. The molecule has 2 fully saturated rings. The van der Waals surface area contributed by atoms with E-state index in [4.69, 9.17) is 10.3 Å². The van der Waals surface area contributed by atoms with Crippen molar-refractivity contribution in [2.24, 2.45) is 5.73 Å². The van der Waals surface area contributed by atoms with Gasteiger partial charge >= 0.3 is 0 Å². The lowest BCUT2D eigenvalue weighted by Gasteiger charge is -2.34. The Morgan fingerprint density at radius 3 is 2.89 bits per heavy atom. The number of hydrogen-bond acceptors (Lipinski definition) is 5. The monoisotopic (exact) mass is 245 g/mol. The Kier molecular flexibility index (Phi) is 1.94.